The van der Waals surface area contributed by atoms with Gasteiger partial charge in [0.25, 0.3) is 0 Å². The first kappa shape index (κ1) is 18.8. The van der Waals surface area contributed by atoms with Crippen molar-refractivity contribution in [3.8, 4) is 0 Å². The van der Waals surface area contributed by atoms with E-state index in [0.717, 1.165) is 40.5 Å². The Kier molecular flexibility index (Phi) is 5.23. The smallest absolute Gasteiger partial charge is 0.224 e. The van der Waals surface area contributed by atoms with Crippen LogP contribution >= 0.6 is 11.6 Å². The van der Waals surface area contributed by atoms with Gasteiger partial charge in [0.15, 0.2) is 0 Å². The molecule has 1 aliphatic rings. The lowest BCUT2D eigenvalue weighted by atomic mass is 10.1. The van der Waals surface area contributed by atoms with Gasteiger partial charge in [0, 0.05) is 28.7 Å². The number of aromatic nitrogens is 2. The van der Waals surface area contributed by atoms with Gasteiger partial charge in [0.1, 0.15) is 0 Å². The molecule has 1 aromatic heterocycles. The second kappa shape index (κ2) is 7.80. The number of carbonyl (C=O) groups is 1. The van der Waals surface area contributed by atoms with Crippen LogP contribution < -0.4 is 5.32 Å². The Morgan fingerprint density at radius 2 is 1.86 bits per heavy atom. The van der Waals surface area contributed by atoms with Gasteiger partial charge in [-0.25, -0.2) is 0 Å². The second-order valence-electron chi connectivity index (χ2n) is 7.48. The highest BCUT2D eigenvalue weighted by molar-refractivity contribution is 6.31. The third-order valence-corrected chi connectivity index (χ3v) is 5.92. The number of hydrogen-bond donors (Lipinski definition) is 1. The molecule has 0 spiro atoms. The van der Waals surface area contributed by atoms with Crippen LogP contribution in [0, 0.1) is 19.8 Å². The normalized spacial score (nSPS) is 18.1. The van der Waals surface area contributed by atoms with Crippen molar-refractivity contribution in [1.82, 2.24) is 15.1 Å². The summed E-state index contributed by atoms with van der Waals surface area (Å²) in [5.41, 5.74) is 5.45. The molecule has 2 aromatic carbocycles. The minimum atomic E-state index is 0.0138. The first-order valence-electron chi connectivity index (χ1n) is 9.63. The maximum atomic E-state index is 12.6. The number of aryl methyl sites for hydroxylation is 1. The SMILES string of the molecule is Cc1nn(Cc2ccccc2)c(C)c1CNC(=O)C1CC1c1ccccc1Cl. The Morgan fingerprint density at radius 1 is 1.14 bits per heavy atom. The fourth-order valence-electron chi connectivity index (χ4n) is 3.81. The molecule has 1 amide bonds. The minimum Gasteiger partial charge on any atom is -0.352 e. The van der Waals surface area contributed by atoms with E-state index in [-0.39, 0.29) is 17.7 Å². The molecule has 0 aliphatic heterocycles. The van der Waals surface area contributed by atoms with E-state index < -0.39 is 0 Å². The monoisotopic (exact) mass is 393 g/mol. The molecule has 144 valence electrons. The summed E-state index contributed by atoms with van der Waals surface area (Å²) in [5.74, 6) is 0.344. The molecule has 5 heteroatoms. The zero-order valence-electron chi connectivity index (χ0n) is 16.2. The van der Waals surface area contributed by atoms with E-state index in [9.17, 15) is 4.79 Å². The van der Waals surface area contributed by atoms with Gasteiger partial charge < -0.3 is 5.32 Å². The Balaban J connectivity index is 1.39. The van der Waals surface area contributed by atoms with Crippen LogP contribution in [0.4, 0.5) is 0 Å². The number of benzene rings is 2. The molecule has 0 bridgehead atoms. The molecule has 1 heterocycles. The number of hydrogen-bond acceptors (Lipinski definition) is 2. The van der Waals surface area contributed by atoms with Crippen molar-refractivity contribution in [2.45, 2.75) is 39.3 Å². The van der Waals surface area contributed by atoms with Crippen LogP contribution in [0.2, 0.25) is 5.02 Å². The van der Waals surface area contributed by atoms with E-state index in [1.165, 1.54) is 5.56 Å². The van der Waals surface area contributed by atoms with Gasteiger partial charge in [-0.1, -0.05) is 60.1 Å². The molecule has 4 nitrogen and oxygen atoms in total. The van der Waals surface area contributed by atoms with Crippen molar-refractivity contribution in [2.75, 3.05) is 0 Å². The van der Waals surface area contributed by atoms with E-state index in [1.54, 1.807) is 0 Å². The zero-order valence-corrected chi connectivity index (χ0v) is 16.9. The first-order chi connectivity index (χ1) is 13.5. The van der Waals surface area contributed by atoms with Crippen molar-refractivity contribution < 1.29 is 4.79 Å². The van der Waals surface area contributed by atoms with Crippen LogP contribution in [0.5, 0.6) is 0 Å². The lowest BCUT2D eigenvalue weighted by molar-refractivity contribution is -0.122. The molecule has 0 radical (unpaired) electrons. The summed E-state index contributed by atoms with van der Waals surface area (Å²) >= 11 is 6.27. The van der Waals surface area contributed by atoms with Gasteiger partial charge in [-0.2, -0.15) is 5.10 Å². The molecule has 28 heavy (non-hydrogen) atoms. The van der Waals surface area contributed by atoms with E-state index >= 15 is 0 Å². The standard InChI is InChI=1S/C23H24ClN3O/c1-15-21(16(2)27(26-15)14-17-8-4-3-5-9-17)13-25-23(28)20-12-19(20)18-10-6-7-11-22(18)24/h3-11,19-20H,12-14H2,1-2H3,(H,25,28). The van der Waals surface area contributed by atoms with Crippen molar-refractivity contribution in [3.05, 3.63) is 87.7 Å². The van der Waals surface area contributed by atoms with Gasteiger partial charge in [-0.05, 0) is 43.4 Å². The highest BCUT2D eigenvalue weighted by atomic mass is 35.5. The number of rotatable bonds is 6. The maximum absolute atomic E-state index is 12.6. The summed E-state index contributed by atoms with van der Waals surface area (Å²) in [6.45, 7) is 5.31. The quantitative estimate of drug-likeness (QED) is 0.664. The topological polar surface area (TPSA) is 46.9 Å². The van der Waals surface area contributed by atoms with Crippen LogP contribution in [0.1, 0.15) is 40.4 Å². The number of carbonyl (C=O) groups excluding carboxylic acids is 1. The molecular weight excluding hydrogens is 370 g/mol. The zero-order chi connectivity index (χ0) is 19.7. The van der Waals surface area contributed by atoms with Crippen molar-refractivity contribution >= 4 is 17.5 Å². The summed E-state index contributed by atoms with van der Waals surface area (Å²) in [5, 5.41) is 8.52. The van der Waals surface area contributed by atoms with Gasteiger partial charge in [-0.3, -0.25) is 9.48 Å². The van der Waals surface area contributed by atoms with Gasteiger partial charge >= 0.3 is 0 Å². The highest BCUT2D eigenvalue weighted by Crippen LogP contribution is 2.49. The molecule has 2 unspecified atom stereocenters. The van der Waals surface area contributed by atoms with E-state index in [4.69, 9.17) is 11.6 Å². The number of nitrogens with zero attached hydrogens (tertiary/aromatic N) is 2. The second-order valence-corrected chi connectivity index (χ2v) is 7.89. The van der Waals surface area contributed by atoms with Crippen LogP contribution in [-0.4, -0.2) is 15.7 Å². The summed E-state index contributed by atoms with van der Waals surface area (Å²) in [4.78, 5) is 12.6. The van der Waals surface area contributed by atoms with Crippen LogP contribution in [-0.2, 0) is 17.9 Å². The third kappa shape index (κ3) is 3.83. The molecule has 2 atom stereocenters. The Morgan fingerprint density at radius 3 is 2.61 bits per heavy atom. The van der Waals surface area contributed by atoms with E-state index in [0.29, 0.717) is 6.54 Å². The Bertz CT molecular complexity index is 996. The summed E-state index contributed by atoms with van der Waals surface area (Å²) < 4.78 is 2.01. The minimum absolute atomic E-state index is 0.0138. The lowest BCUT2D eigenvalue weighted by Crippen LogP contribution is -2.25. The number of halogens is 1. The third-order valence-electron chi connectivity index (χ3n) is 5.58. The molecular formula is C23H24ClN3O. The molecule has 1 N–H and O–H groups in total. The maximum Gasteiger partial charge on any atom is 0.224 e. The lowest BCUT2D eigenvalue weighted by Gasteiger charge is -2.08. The van der Waals surface area contributed by atoms with Crippen LogP contribution in [0.15, 0.2) is 54.6 Å². The molecule has 1 saturated carbocycles. The Hall–Kier alpha value is -2.59. The van der Waals surface area contributed by atoms with Crippen molar-refractivity contribution in [1.29, 1.82) is 0 Å². The number of amides is 1. The summed E-state index contributed by atoms with van der Waals surface area (Å²) in [6, 6.07) is 18.1. The molecule has 1 fully saturated rings. The van der Waals surface area contributed by atoms with Gasteiger partial charge in [-0.15, -0.1) is 0 Å². The van der Waals surface area contributed by atoms with Crippen molar-refractivity contribution in [3.63, 3.8) is 0 Å². The predicted molar refractivity (Wildman–Crippen MR) is 111 cm³/mol. The van der Waals surface area contributed by atoms with E-state index in [1.807, 2.05) is 54.1 Å². The van der Waals surface area contributed by atoms with Gasteiger partial charge in [0.05, 0.1) is 12.2 Å². The first-order valence-corrected chi connectivity index (χ1v) is 10.0. The highest BCUT2D eigenvalue weighted by Gasteiger charge is 2.44. The van der Waals surface area contributed by atoms with Crippen LogP contribution in [0.25, 0.3) is 0 Å². The molecule has 3 aromatic rings. The summed E-state index contributed by atoms with van der Waals surface area (Å²) in [7, 11) is 0. The van der Waals surface area contributed by atoms with Gasteiger partial charge in [0.2, 0.25) is 5.91 Å². The number of nitrogens with one attached hydrogen (secondary N) is 1. The van der Waals surface area contributed by atoms with E-state index in [2.05, 4.69) is 29.5 Å². The van der Waals surface area contributed by atoms with Crippen LogP contribution in [0.3, 0.4) is 0 Å². The predicted octanol–water partition coefficient (Wildman–Crippen LogP) is 4.62. The average molecular weight is 394 g/mol. The Labute approximate surface area is 170 Å². The fourth-order valence-corrected chi connectivity index (χ4v) is 4.09. The molecule has 4 rings (SSSR count). The van der Waals surface area contributed by atoms with Crippen molar-refractivity contribution in [2.24, 2.45) is 5.92 Å². The molecule has 1 aliphatic carbocycles. The largest absolute Gasteiger partial charge is 0.352 e. The average Bonchev–Trinajstić information content (AvgIpc) is 3.44. The summed E-state index contributed by atoms with van der Waals surface area (Å²) in [6.07, 6.45) is 0.862. The molecule has 0 saturated heterocycles. The fraction of sp³-hybridized carbons (Fsp3) is 0.304.